The predicted molar refractivity (Wildman–Crippen MR) is 109 cm³/mol. The maximum Gasteiger partial charge on any atom is 0.305 e. The first-order valence-electron chi connectivity index (χ1n) is 10.8. The van der Waals surface area contributed by atoms with Crippen LogP contribution in [-0.4, -0.2) is 17.0 Å². The summed E-state index contributed by atoms with van der Waals surface area (Å²) in [6.07, 6.45) is 6.78. The van der Waals surface area contributed by atoms with Gasteiger partial charge in [0.15, 0.2) is 0 Å². The van der Waals surface area contributed by atoms with Gasteiger partial charge in [-0.1, -0.05) is 45.0 Å². The second-order valence-corrected chi connectivity index (χ2v) is 10.7. The average Bonchev–Trinajstić information content (AvgIpc) is 2.59. The molecule has 2 N–H and O–H groups in total. The molecule has 4 bridgehead atoms. The quantitative estimate of drug-likeness (QED) is 0.765. The van der Waals surface area contributed by atoms with Gasteiger partial charge in [-0.15, -0.1) is 0 Å². The highest BCUT2D eigenvalue weighted by Gasteiger charge is 2.54. The summed E-state index contributed by atoms with van der Waals surface area (Å²) in [5.41, 5.74) is 1.88. The van der Waals surface area contributed by atoms with E-state index in [-0.39, 0.29) is 23.2 Å². The van der Waals surface area contributed by atoms with E-state index in [1.807, 2.05) is 12.1 Å². The van der Waals surface area contributed by atoms with Gasteiger partial charge in [-0.05, 0) is 72.8 Å². The van der Waals surface area contributed by atoms with E-state index in [0.717, 1.165) is 24.8 Å². The fraction of sp³-hybridized carbons (Fsp3) is 0.667. The minimum absolute atomic E-state index is 0.0449. The van der Waals surface area contributed by atoms with Crippen molar-refractivity contribution >= 4 is 11.9 Å². The Kier molecular flexibility index (Phi) is 4.79. The Balaban J connectivity index is 1.54. The molecule has 0 saturated heterocycles. The summed E-state index contributed by atoms with van der Waals surface area (Å²) in [6, 6.07) is 7.61. The summed E-state index contributed by atoms with van der Waals surface area (Å²) < 4.78 is 0. The molecule has 0 spiro atoms. The predicted octanol–water partition coefficient (Wildman–Crippen LogP) is 4.83. The number of carboxylic acid groups (broad SMARTS) is 1. The maximum atomic E-state index is 13.4. The maximum absolute atomic E-state index is 13.4. The smallest absolute Gasteiger partial charge is 0.305 e. The van der Waals surface area contributed by atoms with Gasteiger partial charge in [0, 0.05) is 5.41 Å². The number of carbonyl (C=O) groups excluding carboxylic acids is 1. The van der Waals surface area contributed by atoms with Crippen LogP contribution >= 0.6 is 0 Å². The van der Waals surface area contributed by atoms with Gasteiger partial charge < -0.3 is 10.4 Å². The van der Waals surface area contributed by atoms with Crippen molar-refractivity contribution in [1.29, 1.82) is 0 Å². The van der Waals surface area contributed by atoms with Gasteiger partial charge in [-0.25, -0.2) is 0 Å². The summed E-state index contributed by atoms with van der Waals surface area (Å²) in [4.78, 5) is 24.9. The highest BCUT2D eigenvalue weighted by atomic mass is 16.4. The Morgan fingerprint density at radius 2 is 1.54 bits per heavy atom. The molecule has 4 aliphatic carbocycles. The Morgan fingerprint density at radius 3 is 1.96 bits per heavy atom. The van der Waals surface area contributed by atoms with Gasteiger partial charge in [0.25, 0.3) is 0 Å². The fourth-order valence-corrected chi connectivity index (χ4v) is 6.34. The number of hydrogen-bond acceptors (Lipinski definition) is 2. The Hall–Kier alpha value is -1.84. The van der Waals surface area contributed by atoms with E-state index in [4.69, 9.17) is 0 Å². The first-order chi connectivity index (χ1) is 13.1. The molecule has 1 aromatic carbocycles. The van der Waals surface area contributed by atoms with Gasteiger partial charge in [0.1, 0.15) is 0 Å². The minimum atomic E-state index is -0.879. The van der Waals surface area contributed by atoms with Gasteiger partial charge in [-0.3, -0.25) is 9.59 Å². The van der Waals surface area contributed by atoms with Crippen LogP contribution in [0.2, 0.25) is 0 Å². The lowest BCUT2D eigenvalue weighted by atomic mass is 9.49. The van der Waals surface area contributed by atoms with Crippen LogP contribution in [0.3, 0.4) is 0 Å². The zero-order valence-electron chi connectivity index (χ0n) is 17.3. The van der Waals surface area contributed by atoms with Crippen molar-refractivity contribution in [1.82, 2.24) is 5.32 Å². The van der Waals surface area contributed by atoms with Crippen molar-refractivity contribution in [3.05, 3.63) is 35.4 Å². The van der Waals surface area contributed by atoms with Crippen LogP contribution in [-0.2, 0) is 15.0 Å². The van der Waals surface area contributed by atoms with Crippen LogP contribution in [0.15, 0.2) is 24.3 Å². The molecule has 28 heavy (non-hydrogen) atoms. The summed E-state index contributed by atoms with van der Waals surface area (Å²) in [5, 5.41) is 12.6. The largest absolute Gasteiger partial charge is 0.481 e. The number of carboxylic acids is 1. The van der Waals surface area contributed by atoms with E-state index in [1.165, 1.54) is 24.8 Å². The molecular weight excluding hydrogens is 350 g/mol. The van der Waals surface area contributed by atoms with Crippen LogP contribution in [0.1, 0.15) is 82.9 Å². The second kappa shape index (κ2) is 6.89. The van der Waals surface area contributed by atoms with Crippen molar-refractivity contribution in [3.63, 3.8) is 0 Å². The van der Waals surface area contributed by atoms with Crippen molar-refractivity contribution in [2.75, 3.05) is 0 Å². The zero-order chi connectivity index (χ0) is 20.1. The minimum Gasteiger partial charge on any atom is -0.481 e. The Morgan fingerprint density at radius 1 is 1.04 bits per heavy atom. The number of benzene rings is 1. The average molecular weight is 384 g/mol. The summed E-state index contributed by atoms with van der Waals surface area (Å²) in [5.74, 6) is 1.30. The molecule has 1 atom stereocenters. The first-order valence-corrected chi connectivity index (χ1v) is 10.8. The van der Waals surface area contributed by atoms with E-state index in [2.05, 4.69) is 38.2 Å². The van der Waals surface area contributed by atoms with Crippen molar-refractivity contribution in [2.24, 2.45) is 23.2 Å². The van der Waals surface area contributed by atoms with Crippen molar-refractivity contribution < 1.29 is 14.7 Å². The summed E-state index contributed by atoms with van der Waals surface area (Å²) in [6.45, 7) is 6.47. The molecule has 4 heteroatoms. The molecule has 4 nitrogen and oxygen atoms in total. The Labute approximate surface area is 168 Å². The first kappa shape index (κ1) is 19.5. The van der Waals surface area contributed by atoms with Gasteiger partial charge in [0.2, 0.25) is 5.91 Å². The molecule has 4 fully saturated rings. The van der Waals surface area contributed by atoms with Gasteiger partial charge in [-0.2, -0.15) is 0 Å². The monoisotopic (exact) mass is 383 g/mol. The van der Waals surface area contributed by atoms with E-state index in [1.54, 1.807) is 0 Å². The molecule has 0 aliphatic heterocycles. The number of nitrogens with one attached hydrogen (secondary N) is 1. The van der Waals surface area contributed by atoms with Crippen LogP contribution in [0.5, 0.6) is 0 Å². The van der Waals surface area contributed by atoms with Gasteiger partial charge >= 0.3 is 5.97 Å². The fourth-order valence-electron chi connectivity index (χ4n) is 6.34. The van der Waals surface area contributed by atoms with Crippen LogP contribution in [0.25, 0.3) is 0 Å². The number of hydrogen-bond donors (Lipinski definition) is 2. The van der Waals surface area contributed by atoms with Gasteiger partial charge in [0.05, 0.1) is 12.5 Å². The lowest BCUT2D eigenvalue weighted by Gasteiger charge is -2.55. The molecule has 4 saturated carbocycles. The molecular formula is C24H33NO3. The van der Waals surface area contributed by atoms with Crippen molar-refractivity contribution in [2.45, 2.75) is 77.2 Å². The molecule has 0 unspecified atom stereocenters. The van der Waals surface area contributed by atoms with E-state index in [9.17, 15) is 14.7 Å². The Bertz CT molecular complexity index is 724. The number of carbonyl (C=O) groups is 2. The van der Waals surface area contributed by atoms with E-state index in [0.29, 0.717) is 17.8 Å². The standard InChI is InChI=1S/C24H33NO3/c1-23(2,3)19-6-4-18(5-7-19)20(11-21(26)27)25-22(28)24-12-15-8-16(13-24)10-17(9-15)14-24/h4-7,15-17,20H,8-14H2,1-3H3,(H,25,28)(H,26,27)/t15?,16?,17?,20-,24?/m0/s1. The molecule has 4 aliphatic rings. The van der Waals surface area contributed by atoms with Crippen LogP contribution < -0.4 is 5.32 Å². The second-order valence-electron chi connectivity index (χ2n) is 10.7. The molecule has 0 heterocycles. The van der Waals surface area contributed by atoms with Crippen LogP contribution in [0, 0.1) is 23.2 Å². The normalized spacial score (nSPS) is 32.2. The number of rotatable bonds is 5. The SMILES string of the molecule is CC(C)(C)c1ccc([C@H](CC(=O)O)NC(=O)C23CC4CC(CC(C4)C2)C3)cc1. The van der Waals surface area contributed by atoms with E-state index >= 15 is 0 Å². The lowest BCUT2D eigenvalue weighted by Crippen LogP contribution is -2.54. The zero-order valence-corrected chi connectivity index (χ0v) is 17.3. The summed E-state index contributed by atoms with van der Waals surface area (Å²) in [7, 11) is 0. The highest BCUT2D eigenvalue weighted by molar-refractivity contribution is 5.84. The molecule has 152 valence electrons. The summed E-state index contributed by atoms with van der Waals surface area (Å²) >= 11 is 0. The molecule has 1 amide bonds. The molecule has 0 radical (unpaired) electrons. The number of amides is 1. The topological polar surface area (TPSA) is 66.4 Å². The van der Waals surface area contributed by atoms with Crippen molar-refractivity contribution in [3.8, 4) is 0 Å². The molecule has 5 rings (SSSR count). The third-order valence-corrected chi connectivity index (χ3v) is 7.38. The molecule has 1 aromatic rings. The third kappa shape index (κ3) is 3.70. The third-order valence-electron chi connectivity index (χ3n) is 7.38. The number of aliphatic carboxylic acids is 1. The highest BCUT2D eigenvalue weighted by Crippen LogP contribution is 2.60. The lowest BCUT2D eigenvalue weighted by molar-refractivity contribution is -0.147. The van der Waals surface area contributed by atoms with E-state index < -0.39 is 12.0 Å². The van der Waals surface area contributed by atoms with Crippen LogP contribution in [0.4, 0.5) is 0 Å². The molecule has 0 aromatic heterocycles.